The summed E-state index contributed by atoms with van der Waals surface area (Å²) in [5.74, 6) is -0.416. The molecule has 0 heterocycles. The molecule has 0 fully saturated rings. The number of benzene rings is 2. The third-order valence-corrected chi connectivity index (χ3v) is 5.57. The summed E-state index contributed by atoms with van der Waals surface area (Å²) in [6.45, 7) is 2.11. The van der Waals surface area contributed by atoms with Gasteiger partial charge in [0.1, 0.15) is 6.04 Å². The van der Waals surface area contributed by atoms with Gasteiger partial charge in [0.05, 0.1) is 11.5 Å². The smallest absolute Gasteiger partial charge is 0.241 e. The fourth-order valence-electron chi connectivity index (χ4n) is 2.54. The first-order chi connectivity index (χ1) is 12.8. The van der Waals surface area contributed by atoms with E-state index in [1.165, 1.54) is 31.4 Å². The Morgan fingerprint density at radius 3 is 2.33 bits per heavy atom. The molecule has 0 radical (unpaired) electrons. The van der Waals surface area contributed by atoms with Gasteiger partial charge in [-0.15, -0.1) is 0 Å². The van der Waals surface area contributed by atoms with E-state index in [0.29, 0.717) is 11.6 Å². The maximum Gasteiger partial charge on any atom is 0.241 e. The lowest BCUT2D eigenvalue weighted by Crippen LogP contribution is -2.50. The van der Waals surface area contributed by atoms with Crippen molar-refractivity contribution in [2.45, 2.75) is 30.3 Å². The highest BCUT2D eigenvalue weighted by Gasteiger charge is 2.27. The third-order valence-electron chi connectivity index (χ3n) is 3.83. The van der Waals surface area contributed by atoms with Crippen LogP contribution in [0.15, 0.2) is 59.5 Å². The van der Waals surface area contributed by atoms with Crippen LogP contribution >= 0.6 is 11.6 Å². The fraction of sp³-hybridized carbons (Fsp3) is 0.316. The van der Waals surface area contributed by atoms with Gasteiger partial charge in [0, 0.05) is 18.2 Å². The van der Waals surface area contributed by atoms with Crippen LogP contribution < -0.4 is 10.0 Å². The van der Waals surface area contributed by atoms with E-state index in [1.54, 1.807) is 6.92 Å². The first-order valence-corrected chi connectivity index (χ1v) is 10.3. The highest BCUT2D eigenvalue weighted by atomic mass is 35.5. The van der Waals surface area contributed by atoms with Crippen molar-refractivity contribution in [1.82, 2.24) is 10.0 Å². The first kappa shape index (κ1) is 21.4. The van der Waals surface area contributed by atoms with E-state index >= 15 is 0 Å². The molecule has 8 heteroatoms. The summed E-state index contributed by atoms with van der Waals surface area (Å²) in [4.78, 5) is 12.7. The van der Waals surface area contributed by atoms with Crippen molar-refractivity contribution in [3.05, 3.63) is 65.2 Å². The average Bonchev–Trinajstić information content (AvgIpc) is 2.62. The van der Waals surface area contributed by atoms with Crippen LogP contribution in [0.4, 0.5) is 0 Å². The molecule has 0 aliphatic rings. The molecule has 0 aliphatic carbocycles. The number of ether oxygens (including phenoxy) is 1. The zero-order chi connectivity index (χ0) is 19.9. The molecule has 0 saturated carbocycles. The molecular formula is C19H23ClN2O4S. The highest BCUT2D eigenvalue weighted by molar-refractivity contribution is 7.89. The lowest BCUT2D eigenvalue weighted by Gasteiger charge is -2.21. The van der Waals surface area contributed by atoms with Gasteiger partial charge in [-0.2, -0.15) is 4.72 Å². The normalized spacial score (nSPS) is 13.7. The molecule has 2 rings (SSSR count). The van der Waals surface area contributed by atoms with Gasteiger partial charge < -0.3 is 10.1 Å². The number of carbonyl (C=O) groups is 1. The molecule has 146 valence electrons. The van der Waals surface area contributed by atoms with E-state index < -0.39 is 22.0 Å². The zero-order valence-corrected chi connectivity index (χ0v) is 16.8. The third kappa shape index (κ3) is 6.62. The SMILES string of the molecule is COC[C@@H](C)NC(=O)[C@@H](Cc1ccccc1)NS(=O)(=O)c1ccc(Cl)cc1. The van der Waals surface area contributed by atoms with Crippen LogP contribution in [0.25, 0.3) is 0 Å². The Hall–Kier alpha value is -1.93. The van der Waals surface area contributed by atoms with Crippen LogP contribution in [0.5, 0.6) is 0 Å². The average molecular weight is 411 g/mol. The Morgan fingerprint density at radius 1 is 1.11 bits per heavy atom. The fourth-order valence-corrected chi connectivity index (χ4v) is 3.86. The van der Waals surface area contributed by atoms with E-state index in [0.717, 1.165) is 5.56 Å². The van der Waals surface area contributed by atoms with Crippen LogP contribution in [0.3, 0.4) is 0 Å². The molecule has 0 aromatic heterocycles. The minimum absolute atomic E-state index is 0.0442. The second-order valence-electron chi connectivity index (χ2n) is 6.18. The van der Waals surface area contributed by atoms with Crippen molar-refractivity contribution >= 4 is 27.5 Å². The van der Waals surface area contributed by atoms with Gasteiger partial charge in [-0.25, -0.2) is 8.42 Å². The quantitative estimate of drug-likeness (QED) is 0.664. The summed E-state index contributed by atoms with van der Waals surface area (Å²) in [5, 5.41) is 3.20. The molecule has 0 aliphatic heterocycles. The van der Waals surface area contributed by atoms with Crippen LogP contribution in [0.2, 0.25) is 5.02 Å². The van der Waals surface area contributed by atoms with Gasteiger partial charge in [-0.3, -0.25) is 4.79 Å². The lowest BCUT2D eigenvalue weighted by molar-refractivity contribution is -0.123. The molecule has 27 heavy (non-hydrogen) atoms. The van der Waals surface area contributed by atoms with Gasteiger partial charge in [-0.05, 0) is 43.2 Å². The highest BCUT2D eigenvalue weighted by Crippen LogP contribution is 2.15. The molecule has 0 bridgehead atoms. The Bertz CT molecular complexity index is 842. The summed E-state index contributed by atoms with van der Waals surface area (Å²) in [5.41, 5.74) is 0.843. The predicted molar refractivity (Wildman–Crippen MR) is 105 cm³/mol. The minimum atomic E-state index is -3.89. The van der Waals surface area contributed by atoms with Crippen LogP contribution in [0, 0.1) is 0 Å². The van der Waals surface area contributed by atoms with Gasteiger partial charge in [0.25, 0.3) is 0 Å². The van der Waals surface area contributed by atoms with Gasteiger partial charge in [0.15, 0.2) is 0 Å². The van der Waals surface area contributed by atoms with Crippen LogP contribution in [0.1, 0.15) is 12.5 Å². The number of rotatable bonds is 9. The van der Waals surface area contributed by atoms with E-state index in [2.05, 4.69) is 10.0 Å². The second-order valence-corrected chi connectivity index (χ2v) is 8.33. The molecule has 0 unspecified atom stereocenters. The Morgan fingerprint density at radius 2 is 1.74 bits per heavy atom. The number of methoxy groups -OCH3 is 1. The van der Waals surface area contributed by atoms with Crippen molar-refractivity contribution in [2.24, 2.45) is 0 Å². The number of hydrogen-bond acceptors (Lipinski definition) is 4. The molecule has 2 aromatic carbocycles. The largest absolute Gasteiger partial charge is 0.383 e. The van der Waals surface area contributed by atoms with E-state index in [-0.39, 0.29) is 17.4 Å². The Kier molecular flexibility index (Phi) is 7.79. The van der Waals surface area contributed by atoms with Crippen LogP contribution in [-0.4, -0.2) is 40.1 Å². The van der Waals surface area contributed by atoms with E-state index in [9.17, 15) is 13.2 Å². The predicted octanol–water partition coefficient (Wildman–Crippen LogP) is 2.38. The molecule has 2 aromatic rings. The topological polar surface area (TPSA) is 84.5 Å². The number of halogens is 1. The summed E-state index contributed by atoms with van der Waals surface area (Å²) in [6, 6.07) is 13.8. The molecule has 6 nitrogen and oxygen atoms in total. The van der Waals surface area contributed by atoms with Crippen molar-refractivity contribution in [3.8, 4) is 0 Å². The molecule has 0 saturated heterocycles. The molecule has 2 atom stereocenters. The lowest BCUT2D eigenvalue weighted by atomic mass is 10.1. The Balaban J connectivity index is 2.22. The number of amides is 1. The number of hydrogen-bond donors (Lipinski definition) is 2. The van der Waals surface area contributed by atoms with Gasteiger partial charge in [0.2, 0.25) is 15.9 Å². The maximum absolute atomic E-state index is 12.7. The molecule has 0 spiro atoms. The first-order valence-electron chi connectivity index (χ1n) is 8.43. The monoisotopic (exact) mass is 410 g/mol. The number of carbonyl (C=O) groups excluding carboxylic acids is 1. The molecule has 2 N–H and O–H groups in total. The van der Waals surface area contributed by atoms with E-state index in [4.69, 9.17) is 16.3 Å². The zero-order valence-electron chi connectivity index (χ0n) is 15.2. The van der Waals surface area contributed by atoms with E-state index in [1.807, 2.05) is 30.3 Å². The summed E-state index contributed by atoms with van der Waals surface area (Å²) in [6.07, 6.45) is 0.221. The van der Waals surface area contributed by atoms with Gasteiger partial charge in [-0.1, -0.05) is 41.9 Å². The van der Waals surface area contributed by atoms with Crippen molar-refractivity contribution in [2.75, 3.05) is 13.7 Å². The minimum Gasteiger partial charge on any atom is -0.383 e. The standard InChI is InChI=1S/C19H23ClN2O4S/c1-14(13-26-2)21-19(23)18(12-15-6-4-3-5-7-15)22-27(24,25)17-10-8-16(20)9-11-17/h3-11,14,18,22H,12-13H2,1-2H3,(H,21,23)/t14-,18-/m1/s1. The van der Waals surface area contributed by atoms with Crippen molar-refractivity contribution in [3.63, 3.8) is 0 Å². The second kappa shape index (κ2) is 9.85. The van der Waals surface area contributed by atoms with Gasteiger partial charge >= 0.3 is 0 Å². The summed E-state index contributed by atoms with van der Waals surface area (Å²) in [7, 11) is -2.36. The maximum atomic E-state index is 12.7. The van der Waals surface area contributed by atoms with Crippen LogP contribution in [-0.2, 0) is 26.0 Å². The Labute approximate surface area is 164 Å². The van der Waals surface area contributed by atoms with Crippen molar-refractivity contribution in [1.29, 1.82) is 0 Å². The number of nitrogens with one attached hydrogen (secondary N) is 2. The van der Waals surface area contributed by atoms with Crippen molar-refractivity contribution < 1.29 is 17.9 Å². The molecular weight excluding hydrogens is 388 g/mol. The molecule has 1 amide bonds. The number of sulfonamides is 1. The summed E-state index contributed by atoms with van der Waals surface area (Å²) < 4.78 is 32.9. The summed E-state index contributed by atoms with van der Waals surface area (Å²) >= 11 is 5.82.